The molecule has 0 radical (unpaired) electrons. The van der Waals surface area contributed by atoms with Crippen molar-refractivity contribution < 1.29 is 0 Å². The Morgan fingerprint density at radius 2 is 1.90 bits per heavy atom. The third-order valence-electron chi connectivity index (χ3n) is 3.05. The summed E-state index contributed by atoms with van der Waals surface area (Å²) in [6.07, 6.45) is 13.6. The molecule has 1 unspecified atom stereocenters. The highest BCUT2D eigenvalue weighted by atomic mass is 14.3. The summed E-state index contributed by atoms with van der Waals surface area (Å²) in [6, 6.07) is 0. The van der Waals surface area contributed by atoms with Crippen LogP contribution in [0.2, 0.25) is 0 Å². The van der Waals surface area contributed by atoms with Gasteiger partial charge in [0.05, 0.1) is 0 Å². The van der Waals surface area contributed by atoms with Crippen LogP contribution in [-0.4, -0.2) is 0 Å². The van der Waals surface area contributed by atoms with Gasteiger partial charge in [0, 0.05) is 0 Å². The van der Waals surface area contributed by atoms with Gasteiger partial charge in [0.2, 0.25) is 0 Å². The van der Waals surface area contributed by atoms with Crippen LogP contribution >= 0.6 is 0 Å². The van der Waals surface area contributed by atoms with Crippen molar-refractivity contribution in [1.29, 1.82) is 0 Å². The standard InChI is InChI=1S/C10H16/c1-2-5-9(6-3-1)10-7-4-8-10/h2,5,9-10H,1,3-4,6-8H2. The third kappa shape index (κ3) is 1.12. The fourth-order valence-corrected chi connectivity index (χ4v) is 2.10. The van der Waals surface area contributed by atoms with E-state index >= 15 is 0 Å². The SMILES string of the molecule is C1=CC(C2CCC2)CCC1. The minimum atomic E-state index is 0.975. The Morgan fingerprint density at radius 3 is 2.40 bits per heavy atom. The first-order valence-corrected chi connectivity index (χ1v) is 4.63. The molecule has 0 saturated heterocycles. The molecular weight excluding hydrogens is 120 g/mol. The van der Waals surface area contributed by atoms with Crippen molar-refractivity contribution in [2.24, 2.45) is 11.8 Å². The topological polar surface area (TPSA) is 0 Å². The highest BCUT2D eigenvalue weighted by Gasteiger charge is 2.25. The van der Waals surface area contributed by atoms with Crippen LogP contribution in [0.5, 0.6) is 0 Å². The second-order valence-corrected chi connectivity index (χ2v) is 3.71. The molecular formula is C10H16. The molecule has 1 saturated carbocycles. The van der Waals surface area contributed by atoms with Crippen molar-refractivity contribution in [2.75, 3.05) is 0 Å². The molecule has 0 heterocycles. The molecule has 0 aromatic carbocycles. The van der Waals surface area contributed by atoms with Gasteiger partial charge >= 0.3 is 0 Å². The van der Waals surface area contributed by atoms with Crippen LogP contribution < -0.4 is 0 Å². The second kappa shape index (κ2) is 2.77. The highest BCUT2D eigenvalue weighted by Crippen LogP contribution is 2.38. The monoisotopic (exact) mass is 136 g/mol. The van der Waals surface area contributed by atoms with Crippen LogP contribution in [-0.2, 0) is 0 Å². The number of allylic oxidation sites excluding steroid dienone is 2. The Bertz CT molecular complexity index is 131. The van der Waals surface area contributed by atoms with Gasteiger partial charge in [0.15, 0.2) is 0 Å². The third-order valence-corrected chi connectivity index (χ3v) is 3.05. The molecule has 0 spiro atoms. The van der Waals surface area contributed by atoms with E-state index in [9.17, 15) is 0 Å². The molecule has 0 aromatic heterocycles. The van der Waals surface area contributed by atoms with E-state index in [1.165, 1.54) is 38.5 Å². The molecule has 0 heteroatoms. The Morgan fingerprint density at radius 1 is 1.00 bits per heavy atom. The summed E-state index contributed by atoms with van der Waals surface area (Å²) in [6.45, 7) is 0. The van der Waals surface area contributed by atoms with Crippen LogP contribution in [0.15, 0.2) is 12.2 Å². The smallest absolute Gasteiger partial charge is 0.0205 e. The van der Waals surface area contributed by atoms with Crippen LogP contribution in [0.3, 0.4) is 0 Å². The molecule has 0 bridgehead atoms. The maximum absolute atomic E-state index is 2.47. The van der Waals surface area contributed by atoms with Crippen LogP contribution in [0.1, 0.15) is 38.5 Å². The van der Waals surface area contributed by atoms with E-state index in [4.69, 9.17) is 0 Å². The largest absolute Gasteiger partial charge is 0.0882 e. The second-order valence-electron chi connectivity index (χ2n) is 3.71. The fourth-order valence-electron chi connectivity index (χ4n) is 2.10. The van der Waals surface area contributed by atoms with Gasteiger partial charge in [-0.05, 0) is 43.9 Å². The minimum Gasteiger partial charge on any atom is -0.0882 e. The van der Waals surface area contributed by atoms with Gasteiger partial charge in [-0.25, -0.2) is 0 Å². The molecule has 1 atom stereocenters. The summed E-state index contributed by atoms with van der Waals surface area (Å²) in [4.78, 5) is 0. The van der Waals surface area contributed by atoms with Gasteiger partial charge in [-0.2, -0.15) is 0 Å². The quantitative estimate of drug-likeness (QED) is 0.486. The molecule has 0 nitrogen and oxygen atoms in total. The van der Waals surface area contributed by atoms with E-state index in [1.807, 2.05) is 0 Å². The predicted octanol–water partition coefficient (Wildman–Crippen LogP) is 3.14. The zero-order valence-corrected chi connectivity index (χ0v) is 6.55. The summed E-state index contributed by atoms with van der Waals surface area (Å²) < 4.78 is 0. The maximum atomic E-state index is 2.47. The van der Waals surface area contributed by atoms with E-state index in [0.29, 0.717) is 0 Å². The number of rotatable bonds is 1. The van der Waals surface area contributed by atoms with Crippen molar-refractivity contribution in [3.8, 4) is 0 Å². The first-order chi connectivity index (χ1) is 4.97. The Labute approximate surface area is 63.3 Å². The van der Waals surface area contributed by atoms with Gasteiger partial charge in [-0.15, -0.1) is 0 Å². The van der Waals surface area contributed by atoms with E-state index in [2.05, 4.69) is 12.2 Å². The Kier molecular flexibility index (Phi) is 1.79. The van der Waals surface area contributed by atoms with Crippen molar-refractivity contribution in [2.45, 2.75) is 38.5 Å². The molecule has 1 fully saturated rings. The van der Waals surface area contributed by atoms with E-state index in [1.54, 1.807) is 0 Å². The summed E-state index contributed by atoms with van der Waals surface area (Å²) >= 11 is 0. The number of hydrogen-bond donors (Lipinski definition) is 0. The lowest BCUT2D eigenvalue weighted by Gasteiger charge is -2.33. The molecule has 56 valence electrons. The predicted molar refractivity (Wildman–Crippen MR) is 43.8 cm³/mol. The minimum absolute atomic E-state index is 0.975. The van der Waals surface area contributed by atoms with Crippen molar-refractivity contribution in [3.63, 3.8) is 0 Å². The maximum Gasteiger partial charge on any atom is -0.0205 e. The van der Waals surface area contributed by atoms with E-state index in [-0.39, 0.29) is 0 Å². The first kappa shape index (κ1) is 6.45. The lowest BCUT2D eigenvalue weighted by molar-refractivity contribution is 0.226. The zero-order chi connectivity index (χ0) is 6.81. The normalized spacial score (nSPS) is 33.8. The van der Waals surface area contributed by atoms with Gasteiger partial charge in [-0.3, -0.25) is 0 Å². The Hall–Kier alpha value is -0.260. The van der Waals surface area contributed by atoms with E-state index < -0.39 is 0 Å². The molecule has 0 amide bonds. The van der Waals surface area contributed by atoms with Gasteiger partial charge in [0.25, 0.3) is 0 Å². The van der Waals surface area contributed by atoms with Gasteiger partial charge in [0.1, 0.15) is 0 Å². The Balaban J connectivity index is 1.90. The zero-order valence-electron chi connectivity index (χ0n) is 6.55. The summed E-state index contributed by atoms with van der Waals surface area (Å²) in [5.41, 5.74) is 0. The van der Waals surface area contributed by atoms with Crippen LogP contribution in [0.25, 0.3) is 0 Å². The van der Waals surface area contributed by atoms with Crippen molar-refractivity contribution in [1.82, 2.24) is 0 Å². The molecule has 0 N–H and O–H groups in total. The summed E-state index contributed by atoms with van der Waals surface area (Å²) in [5, 5.41) is 0. The average molecular weight is 136 g/mol. The highest BCUT2D eigenvalue weighted by molar-refractivity contribution is 4.97. The van der Waals surface area contributed by atoms with Crippen molar-refractivity contribution >= 4 is 0 Å². The molecule has 2 aliphatic rings. The molecule has 2 aliphatic carbocycles. The summed E-state index contributed by atoms with van der Waals surface area (Å²) in [5.74, 6) is 2.05. The molecule has 2 rings (SSSR count). The van der Waals surface area contributed by atoms with Crippen LogP contribution in [0, 0.1) is 11.8 Å². The van der Waals surface area contributed by atoms with E-state index in [0.717, 1.165) is 11.8 Å². The van der Waals surface area contributed by atoms with Gasteiger partial charge in [-0.1, -0.05) is 18.6 Å². The summed E-state index contributed by atoms with van der Waals surface area (Å²) in [7, 11) is 0. The van der Waals surface area contributed by atoms with Crippen LogP contribution in [0.4, 0.5) is 0 Å². The van der Waals surface area contributed by atoms with Crippen molar-refractivity contribution in [3.05, 3.63) is 12.2 Å². The number of hydrogen-bond acceptors (Lipinski definition) is 0. The molecule has 0 aliphatic heterocycles. The van der Waals surface area contributed by atoms with Gasteiger partial charge < -0.3 is 0 Å². The lowest BCUT2D eigenvalue weighted by Crippen LogP contribution is -2.21. The molecule has 10 heavy (non-hydrogen) atoms. The fraction of sp³-hybridized carbons (Fsp3) is 0.800. The molecule has 0 aromatic rings. The first-order valence-electron chi connectivity index (χ1n) is 4.63. The lowest BCUT2D eigenvalue weighted by atomic mass is 9.72. The average Bonchev–Trinajstić information content (AvgIpc) is 1.86.